The van der Waals surface area contributed by atoms with E-state index in [0.29, 0.717) is 11.6 Å². The van der Waals surface area contributed by atoms with Crippen LogP contribution in [0.15, 0.2) is 72.6 Å². The van der Waals surface area contributed by atoms with E-state index in [-0.39, 0.29) is 11.4 Å². The molecular weight excluding hydrogens is 483 g/mol. The summed E-state index contributed by atoms with van der Waals surface area (Å²) in [5.74, 6) is 1.04. The molecule has 188 valence electrons. The zero-order valence-corrected chi connectivity index (χ0v) is 19.8. The number of rotatable bonds is 5. The van der Waals surface area contributed by atoms with Crippen molar-refractivity contribution in [1.29, 1.82) is 0 Å². The summed E-state index contributed by atoms with van der Waals surface area (Å²) >= 11 is 0. The highest BCUT2D eigenvalue weighted by Gasteiger charge is 2.35. The molecule has 0 unspecified atom stereocenters. The van der Waals surface area contributed by atoms with Crippen LogP contribution in [0.1, 0.15) is 42.1 Å². The summed E-state index contributed by atoms with van der Waals surface area (Å²) in [6.45, 7) is 0. The number of aryl methyl sites for hydroxylation is 1. The van der Waals surface area contributed by atoms with Crippen LogP contribution in [0.25, 0.3) is 22.3 Å². The molecule has 1 aromatic carbocycles. The third kappa shape index (κ3) is 4.00. The van der Waals surface area contributed by atoms with Crippen LogP contribution in [0.2, 0.25) is 0 Å². The van der Waals surface area contributed by atoms with Gasteiger partial charge >= 0.3 is 11.9 Å². The van der Waals surface area contributed by atoms with E-state index in [0.717, 1.165) is 52.2 Å². The van der Waals surface area contributed by atoms with Crippen molar-refractivity contribution in [1.82, 2.24) is 33.7 Å². The molecule has 4 aromatic heterocycles. The Morgan fingerprint density at radius 2 is 1.86 bits per heavy atom. The fourth-order valence-electron chi connectivity index (χ4n) is 5.08. The second kappa shape index (κ2) is 8.68. The highest BCUT2D eigenvalue weighted by Crippen LogP contribution is 2.44. The molecule has 1 fully saturated rings. The Labute approximate surface area is 209 Å². The number of benzene rings is 1. The lowest BCUT2D eigenvalue weighted by Gasteiger charge is -2.33. The van der Waals surface area contributed by atoms with Gasteiger partial charge in [0.05, 0.1) is 16.8 Å². The lowest BCUT2D eigenvalue weighted by atomic mass is 9.72. The van der Waals surface area contributed by atoms with Crippen molar-refractivity contribution < 1.29 is 13.2 Å². The van der Waals surface area contributed by atoms with Gasteiger partial charge in [-0.1, -0.05) is 12.5 Å². The van der Waals surface area contributed by atoms with E-state index in [1.807, 2.05) is 23.7 Å². The van der Waals surface area contributed by atoms with Gasteiger partial charge in [0.2, 0.25) is 0 Å². The molecule has 0 aliphatic heterocycles. The van der Waals surface area contributed by atoms with Crippen LogP contribution in [0.5, 0.6) is 0 Å². The molecule has 11 heteroatoms. The first-order valence-corrected chi connectivity index (χ1v) is 11.9. The molecule has 5 aromatic rings. The normalized spacial score (nSPS) is 15.1. The average molecular weight is 506 g/mol. The molecule has 0 bridgehead atoms. The number of halogens is 3. The van der Waals surface area contributed by atoms with Crippen molar-refractivity contribution >= 4 is 5.52 Å². The Balaban J connectivity index is 1.59. The molecule has 1 atom stereocenters. The smallest absolute Gasteiger partial charge is 0.320 e. The lowest BCUT2D eigenvalue weighted by molar-refractivity contribution is -0.136. The van der Waals surface area contributed by atoms with E-state index in [4.69, 9.17) is 0 Å². The number of aromatic nitrogens is 7. The molecule has 1 aliphatic carbocycles. The summed E-state index contributed by atoms with van der Waals surface area (Å²) in [5.41, 5.74) is 1.15. The minimum absolute atomic E-state index is 0.0944. The van der Waals surface area contributed by atoms with Crippen LogP contribution in [-0.4, -0.2) is 33.7 Å². The lowest BCUT2D eigenvalue weighted by Crippen LogP contribution is -2.24. The molecule has 37 heavy (non-hydrogen) atoms. The number of pyridine rings is 1. The van der Waals surface area contributed by atoms with Gasteiger partial charge in [-0.15, -0.1) is 10.2 Å². The SMILES string of the molecule is Cn1cnnc1[C@@H](c1cc(-c2cncnc2)cc(-n2cc3c(C(F)(F)F)cccn3c2=O)c1)C1CCC1. The molecule has 0 N–H and O–H groups in total. The molecular formula is C26H22F3N7O. The summed E-state index contributed by atoms with van der Waals surface area (Å²) in [4.78, 5) is 21.6. The molecule has 1 saturated carbocycles. The summed E-state index contributed by atoms with van der Waals surface area (Å²) in [6.07, 6.45) is 7.56. The van der Waals surface area contributed by atoms with E-state index in [2.05, 4.69) is 20.2 Å². The first-order valence-electron chi connectivity index (χ1n) is 11.9. The van der Waals surface area contributed by atoms with Gasteiger partial charge in [0.15, 0.2) is 0 Å². The number of alkyl halides is 3. The number of fused-ring (bicyclic) bond motifs is 1. The van der Waals surface area contributed by atoms with Crippen molar-refractivity contribution in [2.75, 3.05) is 0 Å². The molecule has 1 aliphatic rings. The molecule has 8 nitrogen and oxygen atoms in total. The molecule has 0 spiro atoms. The maximum absolute atomic E-state index is 13.7. The predicted octanol–water partition coefficient (Wildman–Crippen LogP) is 4.63. The average Bonchev–Trinajstić information content (AvgIpc) is 3.43. The van der Waals surface area contributed by atoms with E-state index >= 15 is 0 Å². The molecule has 0 radical (unpaired) electrons. The Bertz CT molecular complexity index is 1650. The van der Waals surface area contributed by atoms with Crippen molar-refractivity contribution in [3.8, 4) is 16.8 Å². The summed E-state index contributed by atoms with van der Waals surface area (Å²) < 4.78 is 45.2. The monoisotopic (exact) mass is 505 g/mol. The second-order valence-corrected chi connectivity index (χ2v) is 9.37. The van der Waals surface area contributed by atoms with Gasteiger partial charge in [-0.3, -0.25) is 8.97 Å². The summed E-state index contributed by atoms with van der Waals surface area (Å²) in [7, 11) is 1.89. The molecule has 6 rings (SSSR count). The van der Waals surface area contributed by atoms with E-state index in [1.54, 1.807) is 24.8 Å². The number of imidazole rings is 1. The quantitative estimate of drug-likeness (QED) is 0.348. The minimum atomic E-state index is -4.60. The standard InChI is InChI=1S/C26H22F3N7O/c1-34-15-32-33-24(34)23(16-4-2-5-16)18-8-17(19-11-30-14-31-12-19)9-20(10-18)36-13-22-21(26(27,28)29)6-3-7-35(22)25(36)37/h3,6-16,23H,2,4-5H2,1H3/t23-/m1/s1. The van der Waals surface area contributed by atoms with Gasteiger partial charge in [-0.2, -0.15) is 13.2 Å². The van der Waals surface area contributed by atoms with Crippen molar-refractivity contribution in [3.05, 3.63) is 95.2 Å². The van der Waals surface area contributed by atoms with Crippen molar-refractivity contribution in [3.63, 3.8) is 0 Å². The highest BCUT2D eigenvalue weighted by molar-refractivity contribution is 5.67. The van der Waals surface area contributed by atoms with Crippen LogP contribution in [0.4, 0.5) is 13.2 Å². The summed E-state index contributed by atoms with van der Waals surface area (Å²) in [6, 6.07) is 7.85. The second-order valence-electron chi connectivity index (χ2n) is 9.37. The van der Waals surface area contributed by atoms with Gasteiger partial charge in [0.25, 0.3) is 0 Å². The first-order chi connectivity index (χ1) is 17.8. The minimum Gasteiger partial charge on any atom is -0.320 e. The largest absolute Gasteiger partial charge is 0.418 e. The number of hydrogen-bond donors (Lipinski definition) is 0. The zero-order valence-electron chi connectivity index (χ0n) is 19.8. The molecule has 0 amide bonds. The van der Waals surface area contributed by atoms with Gasteiger partial charge in [0.1, 0.15) is 18.5 Å². The predicted molar refractivity (Wildman–Crippen MR) is 129 cm³/mol. The molecule has 0 saturated heterocycles. The van der Waals surface area contributed by atoms with Gasteiger partial charge in [-0.05, 0) is 54.2 Å². The fraction of sp³-hybridized carbons (Fsp3) is 0.269. The van der Waals surface area contributed by atoms with Gasteiger partial charge in [-0.25, -0.2) is 14.8 Å². The fourth-order valence-corrected chi connectivity index (χ4v) is 5.08. The van der Waals surface area contributed by atoms with E-state index in [9.17, 15) is 18.0 Å². The maximum Gasteiger partial charge on any atom is 0.418 e. The topological polar surface area (TPSA) is 82.9 Å². The molecule has 4 heterocycles. The van der Waals surface area contributed by atoms with Crippen LogP contribution < -0.4 is 5.69 Å². The third-order valence-electron chi connectivity index (χ3n) is 7.12. The number of hydrogen-bond acceptors (Lipinski definition) is 5. The van der Waals surface area contributed by atoms with E-state index in [1.165, 1.54) is 29.4 Å². The number of nitrogens with zero attached hydrogens (tertiary/aromatic N) is 7. The highest BCUT2D eigenvalue weighted by atomic mass is 19.4. The van der Waals surface area contributed by atoms with Crippen LogP contribution in [-0.2, 0) is 13.2 Å². The Kier molecular flexibility index (Phi) is 5.43. The Hall–Kier alpha value is -4.28. The van der Waals surface area contributed by atoms with E-state index < -0.39 is 17.4 Å². The Morgan fingerprint density at radius 1 is 1.08 bits per heavy atom. The van der Waals surface area contributed by atoms with Crippen LogP contribution in [0.3, 0.4) is 0 Å². The zero-order chi connectivity index (χ0) is 25.7. The van der Waals surface area contributed by atoms with Crippen LogP contribution in [0, 0.1) is 5.92 Å². The first kappa shape index (κ1) is 23.1. The van der Waals surface area contributed by atoms with Gasteiger partial charge in [0, 0.05) is 43.3 Å². The van der Waals surface area contributed by atoms with Crippen molar-refractivity contribution in [2.24, 2.45) is 13.0 Å². The third-order valence-corrected chi connectivity index (χ3v) is 7.12. The van der Waals surface area contributed by atoms with Gasteiger partial charge < -0.3 is 4.57 Å². The summed E-state index contributed by atoms with van der Waals surface area (Å²) in [5, 5.41) is 8.46. The maximum atomic E-state index is 13.7. The Morgan fingerprint density at radius 3 is 2.51 bits per heavy atom. The van der Waals surface area contributed by atoms with Crippen LogP contribution >= 0.6 is 0 Å². The van der Waals surface area contributed by atoms with Crippen molar-refractivity contribution in [2.45, 2.75) is 31.4 Å².